The van der Waals surface area contributed by atoms with Gasteiger partial charge < -0.3 is 4.57 Å². The molecular formula is C14H9ClI2N2. The van der Waals surface area contributed by atoms with Gasteiger partial charge in [0, 0.05) is 3.57 Å². The van der Waals surface area contributed by atoms with Crippen LogP contribution in [0.3, 0.4) is 0 Å². The number of halogens is 3. The zero-order valence-corrected chi connectivity index (χ0v) is 14.8. The van der Waals surface area contributed by atoms with Gasteiger partial charge in [0.25, 0.3) is 0 Å². The van der Waals surface area contributed by atoms with E-state index in [0.29, 0.717) is 0 Å². The quantitative estimate of drug-likeness (QED) is 0.462. The first-order valence-corrected chi connectivity index (χ1v) is 8.23. The second-order valence-electron chi connectivity index (χ2n) is 4.21. The van der Waals surface area contributed by atoms with Gasteiger partial charge in [0.2, 0.25) is 0 Å². The lowest BCUT2D eigenvalue weighted by Gasteiger charge is -2.06. The maximum atomic E-state index is 6.22. The van der Waals surface area contributed by atoms with Crippen LogP contribution in [-0.2, 0) is 6.54 Å². The fourth-order valence-corrected chi connectivity index (χ4v) is 3.31. The third-order valence-corrected chi connectivity index (χ3v) is 5.27. The molecule has 3 rings (SSSR count). The molecule has 0 unspecified atom stereocenters. The molecule has 0 spiro atoms. The van der Waals surface area contributed by atoms with Gasteiger partial charge in [-0.3, -0.25) is 0 Å². The van der Waals surface area contributed by atoms with Gasteiger partial charge >= 0.3 is 0 Å². The summed E-state index contributed by atoms with van der Waals surface area (Å²) in [6.45, 7) is 0.812. The largest absolute Gasteiger partial charge is 0.315 e. The highest BCUT2D eigenvalue weighted by atomic mass is 127. The molecule has 0 bridgehead atoms. The Morgan fingerprint density at radius 1 is 1.11 bits per heavy atom. The van der Waals surface area contributed by atoms with Crippen molar-refractivity contribution < 1.29 is 0 Å². The third-order valence-electron chi connectivity index (χ3n) is 2.93. The van der Waals surface area contributed by atoms with Crippen molar-refractivity contribution in [2.24, 2.45) is 0 Å². The average Bonchev–Trinajstić information content (AvgIpc) is 2.68. The van der Waals surface area contributed by atoms with Crippen LogP contribution >= 0.6 is 56.8 Å². The Bertz CT molecular complexity index is 738. The molecule has 2 aromatic carbocycles. The highest BCUT2D eigenvalue weighted by Crippen LogP contribution is 2.27. The standard InChI is InChI=1S/C14H9ClI2N2/c15-10-6-13-12(7-11(10)16)18-14(17)19(13)8-9-4-2-1-3-5-9/h1-7H,8H2. The summed E-state index contributed by atoms with van der Waals surface area (Å²) in [5.41, 5.74) is 3.34. The lowest BCUT2D eigenvalue weighted by molar-refractivity contribution is 0.798. The van der Waals surface area contributed by atoms with Gasteiger partial charge in [-0.15, -0.1) is 0 Å². The topological polar surface area (TPSA) is 17.8 Å². The molecule has 2 nitrogen and oxygen atoms in total. The summed E-state index contributed by atoms with van der Waals surface area (Å²) in [6.07, 6.45) is 0. The van der Waals surface area contributed by atoms with Gasteiger partial charge in [0.15, 0.2) is 3.83 Å². The third kappa shape index (κ3) is 2.75. The van der Waals surface area contributed by atoms with Crippen LogP contribution in [0.15, 0.2) is 42.5 Å². The molecule has 0 aliphatic carbocycles. The van der Waals surface area contributed by atoms with E-state index >= 15 is 0 Å². The summed E-state index contributed by atoms with van der Waals surface area (Å²) in [5, 5.41) is 0.777. The van der Waals surface area contributed by atoms with Gasteiger partial charge in [-0.05, 0) is 62.9 Å². The molecule has 0 fully saturated rings. The summed E-state index contributed by atoms with van der Waals surface area (Å²) >= 11 is 10.7. The molecule has 0 saturated heterocycles. The number of hydrogen-bond acceptors (Lipinski definition) is 1. The number of fused-ring (bicyclic) bond motifs is 1. The van der Waals surface area contributed by atoms with Crippen LogP contribution in [0.5, 0.6) is 0 Å². The van der Waals surface area contributed by atoms with Crippen LogP contribution in [0, 0.1) is 7.40 Å². The Labute approximate surface area is 143 Å². The number of benzene rings is 2. The Morgan fingerprint density at radius 3 is 2.58 bits per heavy atom. The van der Waals surface area contributed by atoms with E-state index in [4.69, 9.17) is 11.6 Å². The normalized spacial score (nSPS) is 11.1. The van der Waals surface area contributed by atoms with Crippen molar-refractivity contribution in [3.8, 4) is 0 Å². The van der Waals surface area contributed by atoms with E-state index < -0.39 is 0 Å². The molecule has 0 aliphatic heterocycles. The second kappa shape index (κ2) is 5.57. The number of rotatable bonds is 2. The fraction of sp³-hybridized carbons (Fsp3) is 0.0714. The second-order valence-corrected chi connectivity index (χ2v) is 6.74. The minimum Gasteiger partial charge on any atom is -0.315 e. The summed E-state index contributed by atoms with van der Waals surface area (Å²) in [6, 6.07) is 14.4. The highest BCUT2D eigenvalue weighted by Gasteiger charge is 2.11. The van der Waals surface area contributed by atoms with Crippen molar-refractivity contribution in [1.82, 2.24) is 9.55 Å². The Hall–Kier alpha value is -0.340. The molecule has 0 N–H and O–H groups in total. The minimum absolute atomic E-state index is 0.777. The number of aromatic nitrogens is 2. The molecule has 0 amide bonds. The van der Waals surface area contributed by atoms with Crippen molar-refractivity contribution in [2.45, 2.75) is 6.54 Å². The van der Waals surface area contributed by atoms with Crippen LogP contribution in [0.25, 0.3) is 11.0 Å². The van der Waals surface area contributed by atoms with Crippen LogP contribution in [0.1, 0.15) is 5.56 Å². The van der Waals surface area contributed by atoms with Crippen molar-refractivity contribution in [3.63, 3.8) is 0 Å². The van der Waals surface area contributed by atoms with E-state index in [1.54, 1.807) is 0 Å². The predicted octanol–water partition coefficient (Wildman–Crippen LogP) is 4.95. The van der Waals surface area contributed by atoms with Gasteiger partial charge in [-0.25, -0.2) is 4.98 Å². The fourth-order valence-electron chi connectivity index (χ4n) is 2.01. The molecule has 96 valence electrons. The van der Waals surface area contributed by atoms with Crippen molar-refractivity contribution in [1.29, 1.82) is 0 Å². The van der Waals surface area contributed by atoms with Gasteiger partial charge in [0.05, 0.1) is 22.6 Å². The van der Waals surface area contributed by atoms with Gasteiger partial charge in [-0.2, -0.15) is 0 Å². The average molecular weight is 495 g/mol. The van der Waals surface area contributed by atoms with E-state index in [9.17, 15) is 0 Å². The summed E-state index contributed by atoms with van der Waals surface area (Å²) in [5.74, 6) is 0. The molecule has 1 aromatic heterocycles. The highest BCUT2D eigenvalue weighted by molar-refractivity contribution is 14.1. The maximum Gasteiger partial charge on any atom is 0.172 e. The van der Waals surface area contributed by atoms with Crippen molar-refractivity contribution in [3.05, 3.63) is 60.5 Å². The lowest BCUT2D eigenvalue weighted by atomic mass is 10.2. The number of imidazole rings is 1. The molecule has 0 saturated carbocycles. The first-order chi connectivity index (χ1) is 9.15. The molecule has 19 heavy (non-hydrogen) atoms. The molecule has 1 heterocycles. The molecule has 0 aliphatic rings. The van der Waals surface area contributed by atoms with E-state index in [1.165, 1.54) is 5.56 Å². The lowest BCUT2D eigenvalue weighted by Crippen LogP contribution is -2.01. The monoisotopic (exact) mass is 494 g/mol. The van der Waals surface area contributed by atoms with Gasteiger partial charge in [-0.1, -0.05) is 41.9 Å². The van der Waals surface area contributed by atoms with E-state index in [2.05, 4.69) is 79.0 Å². The van der Waals surface area contributed by atoms with E-state index in [0.717, 1.165) is 30.0 Å². The van der Waals surface area contributed by atoms with Gasteiger partial charge in [0.1, 0.15) is 0 Å². The minimum atomic E-state index is 0.777. The predicted molar refractivity (Wildman–Crippen MR) is 95.7 cm³/mol. The first-order valence-electron chi connectivity index (χ1n) is 5.70. The molecule has 3 aromatic rings. The molecule has 0 atom stereocenters. The Kier molecular flexibility index (Phi) is 4.00. The van der Waals surface area contributed by atoms with Crippen LogP contribution in [0.2, 0.25) is 5.02 Å². The van der Waals surface area contributed by atoms with Crippen LogP contribution in [0.4, 0.5) is 0 Å². The molecular weight excluding hydrogens is 485 g/mol. The zero-order valence-electron chi connectivity index (χ0n) is 9.78. The van der Waals surface area contributed by atoms with Crippen molar-refractivity contribution >= 4 is 67.8 Å². The zero-order chi connectivity index (χ0) is 13.4. The molecule has 5 heteroatoms. The van der Waals surface area contributed by atoms with Crippen LogP contribution < -0.4 is 0 Å². The number of hydrogen-bond donors (Lipinski definition) is 0. The van der Waals surface area contributed by atoms with E-state index in [-0.39, 0.29) is 0 Å². The smallest absolute Gasteiger partial charge is 0.172 e. The van der Waals surface area contributed by atoms with E-state index in [1.807, 2.05) is 18.2 Å². The maximum absolute atomic E-state index is 6.22. The summed E-state index contributed by atoms with van der Waals surface area (Å²) in [4.78, 5) is 4.60. The Balaban J connectivity index is 2.13. The summed E-state index contributed by atoms with van der Waals surface area (Å²) in [7, 11) is 0. The Morgan fingerprint density at radius 2 is 1.84 bits per heavy atom. The number of nitrogens with zero attached hydrogens (tertiary/aromatic N) is 2. The van der Waals surface area contributed by atoms with Crippen LogP contribution in [-0.4, -0.2) is 9.55 Å². The summed E-state index contributed by atoms with van der Waals surface area (Å²) < 4.78 is 4.20. The SMILES string of the molecule is Clc1cc2c(cc1I)nc(I)n2Cc1ccccc1. The van der Waals surface area contributed by atoms with Crippen molar-refractivity contribution in [2.75, 3.05) is 0 Å². The molecule has 0 radical (unpaired) electrons. The first kappa shape index (κ1) is 13.6.